The Labute approximate surface area is 95.8 Å². The fourth-order valence-corrected chi connectivity index (χ4v) is 1.87. The minimum Gasteiger partial charge on any atom is -0.477 e. The molecule has 1 heterocycles. The number of carboxylic acid groups (broad SMARTS) is 1. The van der Waals surface area contributed by atoms with Crippen LogP contribution in [0.15, 0.2) is 18.2 Å². The number of benzene rings is 1. The van der Waals surface area contributed by atoms with Crippen molar-refractivity contribution >= 4 is 34.3 Å². The average Bonchev–Trinajstić information content (AvgIpc) is 2.55. The van der Waals surface area contributed by atoms with Crippen molar-refractivity contribution < 1.29 is 14.7 Å². The summed E-state index contributed by atoms with van der Waals surface area (Å²) in [6.45, 7) is 1.34. The molecule has 0 atom stereocenters. The molecule has 1 aromatic heterocycles. The van der Waals surface area contributed by atoms with Gasteiger partial charge in [-0.25, -0.2) is 4.79 Å². The minimum absolute atomic E-state index is 0.0928. The van der Waals surface area contributed by atoms with Gasteiger partial charge in [0, 0.05) is 15.9 Å². The molecule has 0 aliphatic carbocycles. The molecule has 0 spiro atoms. The van der Waals surface area contributed by atoms with Gasteiger partial charge in [-0.2, -0.15) is 0 Å². The van der Waals surface area contributed by atoms with E-state index in [1.807, 2.05) is 0 Å². The van der Waals surface area contributed by atoms with Crippen molar-refractivity contribution in [2.75, 3.05) is 0 Å². The topological polar surface area (TPSA) is 70.2 Å². The van der Waals surface area contributed by atoms with Crippen molar-refractivity contribution in [3.8, 4) is 0 Å². The second-order valence-corrected chi connectivity index (χ2v) is 3.86. The number of aromatic amines is 1. The number of nitrogens with one attached hydrogen (secondary N) is 1. The number of carboxylic acids is 1. The van der Waals surface area contributed by atoms with Crippen molar-refractivity contribution in [1.29, 1.82) is 0 Å². The molecule has 0 saturated heterocycles. The molecule has 4 nitrogen and oxygen atoms in total. The second-order valence-electron chi connectivity index (χ2n) is 3.43. The molecule has 0 saturated carbocycles. The van der Waals surface area contributed by atoms with E-state index in [0.717, 1.165) is 0 Å². The van der Waals surface area contributed by atoms with Crippen LogP contribution < -0.4 is 0 Å². The lowest BCUT2D eigenvalue weighted by atomic mass is 10.1. The molecule has 2 rings (SSSR count). The zero-order valence-electron chi connectivity index (χ0n) is 8.37. The number of carbonyl (C=O) groups excluding carboxylic acids is 1. The van der Waals surface area contributed by atoms with Crippen molar-refractivity contribution in [3.63, 3.8) is 0 Å². The summed E-state index contributed by atoms with van der Waals surface area (Å²) in [5.41, 5.74) is 0.652. The summed E-state index contributed by atoms with van der Waals surface area (Å²) in [5, 5.41) is 10.0. The summed E-state index contributed by atoms with van der Waals surface area (Å²) in [6.07, 6.45) is 0. The molecule has 0 unspecified atom stereocenters. The third-order valence-electron chi connectivity index (χ3n) is 2.33. The lowest BCUT2D eigenvalue weighted by molar-refractivity contribution is 0.0687. The Kier molecular flexibility index (Phi) is 2.44. The van der Waals surface area contributed by atoms with Gasteiger partial charge in [0.2, 0.25) is 0 Å². The number of hydrogen-bond acceptors (Lipinski definition) is 2. The molecule has 0 bridgehead atoms. The molecule has 0 aliphatic rings. The maximum atomic E-state index is 11.4. The summed E-state index contributed by atoms with van der Waals surface area (Å²) in [7, 11) is 0. The van der Waals surface area contributed by atoms with Gasteiger partial charge in [-0.15, -0.1) is 0 Å². The van der Waals surface area contributed by atoms with Crippen LogP contribution in [-0.2, 0) is 0 Å². The molecule has 1 aromatic carbocycles. The lowest BCUT2D eigenvalue weighted by Gasteiger charge is -1.95. The van der Waals surface area contributed by atoms with Crippen molar-refractivity contribution in [1.82, 2.24) is 4.98 Å². The number of Topliss-reactive ketones (excluding diaryl/α,β-unsaturated/α-hetero) is 1. The number of fused-ring (bicyclic) bond motifs is 1. The first-order valence-corrected chi connectivity index (χ1v) is 4.94. The lowest BCUT2D eigenvalue weighted by Crippen LogP contribution is -2.04. The number of halogens is 1. The quantitative estimate of drug-likeness (QED) is 0.789. The molecular weight excluding hydrogens is 230 g/mol. The summed E-state index contributed by atoms with van der Waals surface area (Å²) in [5.74, 6) is -1.44. The van der Waals surface area contributed by atoms with E-state index in [2.05, 4.69) is 4.98 Å². The molecule has 0 aliphatic heterocycles. The molecule has 0 amide bonds. The molecule has 2 N–H and O–H groups in total. The van der Waals surface area contributed by atoms with Gasteiger partial charge in [0.05, 0.1) is 5.56 Å². The van der Waals surface area contributed by atoms with Crippen LogP contribution in [0.1, 0.15) is 27.8 Å². The highest BCUT2D eigenvalue weighted by Crippen LogP contribution is 2.25. The van der Waals surface area contributed by atoms with Crippen molar-refractivity contribution in [2.24, 2.45) is 0 Å². The molecule has 5 heteroatoms. The third kappa shape index (κ3) is 1.57. The number of aromatic carboxylic acids is 1. The van der Waals surface area contributed by atoms with E-state index in [-0.39, 0.29) is 17.0 Å². The zero-order valence-corrected chi connectivity index (χ0v) is 9.13. The largest absolute Gasteiger partial charge is 0.477 e. The first-order chi connectivity index (χ1) is 7.50. The van der Waals surface area contributed by atoms with Gasteiger partial charge < -0.3 is 10.1 Å². The SMILES string of the molecule is CC(=O)c1c(C(=O)O)[nH]c2cc(Cl)ccc12. The maximum absolute atomic E-state index is 11.4. The molecule has 82 valence electrons. The van der Waals surface area contributed by atoms with E-state index in [4.69, 9.17) is 16.7 Å². The summed E-state index contributed by atoms with van der Waals surface area (Å²) >= 11 is 5.79. The number of aromatic nitrogens is 1. The van der Waals surface area contributed by atoms with E-state index < -0.39 is 5.97 Å². The number of H-pyrrole nitrogens is 1. The van der Waals surface area contributed by atoms with Gasteiger partial charge in [-0.3, -0.25) is 4.79 Å². The number of ketones is 1. The van der Waals surface area contributed by atoms with Gasteiger partial charge >= 0.3 is 5.97 Å². The Morgan fingerprint density at radius 2 is 2.06 bits per heavy atom. The second kappa shape index (κ2) is 3.64. The Morgan fingerprint density at radius 3 is 2.62 bits per heavy atom. The smallest absolute Gasteiger partial charge is 0.353 e. The Balaban J connectivity index is 2.86. The van der Waals surface area contributed by atoms with Crippen LogP contribution in [0.25, 0.3) is 10.9 Å². The number of hydrogen-bond donors (Lipinski definition) is 2. The molecule has 16 heavy (non-hydrogen) atoms. The van der Waals surface area contributed by atoms with Crippen molar-refractivity contribution in [3.05, 3.63) is 34.5 Å². The summed E-state index contributed by atoms with van der Waals surface area (Å²) in [4.78, 5) is 25.1. The number of carbonyl (C=O) groups is 2. The van der Waals surface area contributed by atoms with Gasteiger partial charge in [0.15, 0.2) is 5.78 Å². The Bertz CT molecular complexity index is 601. The summed E-state index contributed by atoms with van der Waals surface area (Å²) < 4.78 is 0. The van der Waals surface area contributed by atoms with E-state index in [9.17, 15) is 9.59 Å². The van der Waals surface area contributed by atoms with E-state index in [0.29, 0.717) is 15.9 Å². The first kappa shape index (κ1) is 10.7. The average molecular weight is 238 g/mol. The van der Waals surface area contributed by atoms with Crippen LogP contribution in [0.5, 0.6) is 0 Å². The van der Waals surface area contributed by atoms with Crippen LogP contribution in [0.3, 0.4) is 0 Å². The zero-order chi connectivity index (χ0) is 11.9. The monoisotopic (exact) mass is 237 g/mol. The van der Waals surface area contributed by atoms with E-state index >= 15 is 0 Å². The fraction of sp³-hybridized carbons (Fsp3) is 0.0909. The van der Waals surface area contributed by atoms with Crippen LogP contribution in [0, 0.1) is 0 Å². The maximum Gasteiger partial charge on any atom is 0.353 e. The predicted octanol–water partition coefficient (Wildman–Crippen LogP) is 2.72. The standard InChI is InChI=1S/C11H8ClNO3/c1-5(14)9-7-3-2-6(12)4-8(7)13-10(9)11(15)16/h2-4,13H,1H3,(H,15,16). The highest BCUT2D eigenvalue weighted by atomic mass is 35.5. The normalized spacial score (nSPS) is 10.6. The molecule has 0 radical (unpaired) electrons. The number of rotatable bonds is 2. The highest BCUT2D eigenvalue weighted by Gasteiger charge is 2.19. The van der Waals surface area contributed by atoms with Crippen molar-refractivity contribution in [2.45, 2.75) is 6.92 Å². The van der Waals surface area contributed by atoms with Gasteiger partial charge in [-0.05, 0) is 19.1 Å². The van der Waals surface area contributed by atoms with Crippen LogP contribution in [0.4, 0.5) is 0 Å². The van der Waals surface area contributed by atoms with Gasteiger partial charge in [0.25, 0.3) is 0 Å². The highest BCUT2D eigenvalue weighted by molar-refractivity contribution is 6.31. The Hall–Kier alpha value is -1.81. The fourth-order valence-electron chi connectivity index (χ4n) is 1.70. The van der Waals surface area contributed by atoms with E-state index in [1.165, 1.54) is 6.92 Å². The minimum atomic E-state index is -1.16. The molecule has 2 aromatic rings. The first-order valence-electron chi connectivity index (χ1n) is 4.56. The van der Waals surface area contributed by atoms with Crippen LogP contribution >= 0.6 is 11.6 Å². The molecule has 0 fully saturated rings. The van der Waals surface area contributed by atoms with E-state index in [1.54, 1.807) is 18.2 Å². The van der Waals surface area contributed by atoms with Gasteiger partial charge in [-0.1, -0.05) is 17.7 Å². The summed E-state index contributed by atoms with van der Waals surface area (Å²) in [6, 6.07) is 4.85. The van der Waals surface area contributed by atoms with Crippen LogP contribution in [0.2, 0.25) is 5.02 Å². The van der Waals surface area contributed by atoms with Crippen LogP contribution in [-0.4, -0.2) is 21.8 Å². The Morgan fingerprint density at radius 1 is 1.38 bits per heavy atom. The van der Waals surface area contributed by atoms with Gasteiger partial charge in [0.1, 0.15) is 5.69 Å². The predicted molar refractivity (Wildman–Crippen MR) is 60.3 cm³/mol. The molecular formula is C11H8ClNO3. The third-order valence-corrected chi connectivity index (χ3v) is 2.56.